The van der Waals surface area contributed by atoms with Crippen LogP contribution in [0.4, 0.5) is 5.69 Å². The maximum absolute atomic E-state index is 11.6. The summed E-state index contributed by atoms with van der Waals surface area (Å²) in [7, 11) is 0. The number of aromatic hydroxyl groups is 1. The summed E-state index contributed by atoms with van der Waals surface area (Å²) in [5.74, 6) is -0.236. The average Bonchev–Trinajstić information content (AvgIpc) is 2.78. The SMILES string of the molecule is Cc1c(O)cccc1NC(=O)c1cn[nH]n1. The lowest BCUT2D eigenvalue weighted by Gasteiger charge is -2.07. The third-order valence-corrected chi connectivity index (χ3v) is 2.20. The Kier molecular flexibility index (Phi) is 2.55. The van der Waals surface area contributed by atoms with E-state index >= 15 is 0 Å². The van der Waals surface area contributed by atoms with E-state index in [0.717, 1.165) is 0 Å². The van der Waals surface area contributed by atoms with Crippen LogP contribution in [0.25, 0.3) is 0 Å². The molecule has 0 aliphatic rings. The Labute approximate surface area is 91.3 Å². The molecule has 82 valence electrons. The second-order valence-electron chi connectivity index (χ2n) is 3.26. The molecule has 1 aromatic carbocycles. The van der Waals surface area contributed by atoms with E-state index in [1.807, 2.05) is 0 Å². The lowest BCUT2D eigenvalue weighted by Crippen LogP contribution is -2.13. The van der Waals surface area contributed by atoms with Crippen LogP contribution in [0.1, 0.15) is 16.1 Å². The van der Waals surface area contributed by atoms with Crippen molar-refractivity contribution in [3.05, 3.63) is 35.7 Å². The first-order chi connectivity index (χ1) is 7.68. The zero-order chi connectivity index (χ0) is 11.5. The van der Waals surface area contributed by atoms with E-state index in [9.17, 15) is 9.90 Å². The molecule has 2 rings (SSSR count). The lowest BCUT2D eigenvalue weighted by atomic mass is 10.2. The van der Waals surface area contributed by atoms with E-state index in [-0.39, 0.29) is 17.4 Å². The van der Waals surface area contributed by atoms with E-state index in [2.05, 4.69) is 20.7 Å². The number of benzene rings is 1. The normalized spacial score (nSPS) is 10.1. The van der Waals surface area contributed by atoms with Crippen molar-refractivity contribution in [1.29, 1.82) is 0 Å². The Morgan fingerprint density at radius 3 is 3.00 bits per heavy atom. The van der Waals surface area contributed by atoms with Gasteiger partial charge in [-0.25, -0.2) is 0 Å². The molecular weight excluding hydrogens is 208 g/mol. The minimum atomic E-state index is -0.373. The van der Waals surface area contributed by atoms with E-state index in [1.165, 1.54) is 6.20 Å². The molecule has 16 heavy (non-hydrogen) atoms. The standard InChI is InChI=1S/C10H10N4O2/c1-6-7(3-2-4-9(6)15)12-10(16)8-5-11-14-13-8/h2-5,15H,1H3,(H,12,16)(H,11,13,14). The van der Waals surface area contributed by atoms with Gasteiger partial charge in [-0.05, 0) is 19.1 Å². The molecule has 0 fully saturated rings. The van der Waals surface area contributed by atoms with E-state index in [0.29, 0.717) is 11.3 Å². The molecule has 3 N–H and O–H groups in total. The predicted molar refractivity (Wildman–Crippen MR) is 57.2 cm³/mol. The van der Waals surface area contributed by atoms with Gasteiger partial charge in [-0.1, -0.05) is 6.07 Å². The maximum atomic E-state index is 11.6. The summed E-state index contributed by atoms with van der Waals surface area (Å²) in [6.45, 7) is 1.72. The van der Waals surface area contributed by atoms with Crippen molar-refractivity contribution in [1.82, 2.24) is 15.4 Å². The Hall–Kier alpha value is -2.37. The van der Waals surface area contributed by atoms with Gasteiger partial charge < -0.3 is 10.4 Å². The number of nitrogens with one attached hydrogen (secondary N) is 2. The maximum Gasteiger partial charge on any atom is 0.277 e. The fourth-order valence-corrected chi connectivity index (χ4v) is 1.26. The first-order valence-corrected chi connectivity index (χ1v) is 4.64. The number of carbonyl (C=O) groups is 1. The minimum Gasteiger partial charge on any atom is -0.508 e. The van der Waals surface area contributed by atoms with Crippen LogP contribution in [-0.4, -0.2) is 26.4 Å². The van der Waals surface area contributed by atoms with Crippen molar-refractivity contribution < 1.29 is 9.90 Å². The molecule has 6 nitrogen and oxygen atoms in total. The molecule has 1 heterocycles. The van der Waals surface area contributed by atoms with Gasteiger partial charge in [0, 0.05) is 11.3 Å². The highest BCUT2D eigenvalue weighted by Crippen LogP contribution is 2.23. The molecule has 0 atom stereocenters. The highest BCUT2D eigenvalue weighted by atomic mass is 16.3. The first kappa shape index (κ1) is 10.2. The summed E-state index contributed by atoms with van der Waals surface area (Å²) in [5.41, 5.74) is 1.36. The molecule has 1 aromatic heterocycles. The van der Waals surface area contributed by atoms with Gasteiger partial charge in [0.25, 0.3) is 5.91 Å². The number of carbonyl (C=O) groups excluding carboxylic acids is 1. The molecule has 0 saturated carbocycles. The number of aromatic amines is 1. The second kappa shape index (κ2) is 4.01. The third-order valence-electron chi connectivity index (χ3n) is 2.20. The lowest BCUT2D eigenvalue weighted by molar-refractivity contribution is 0.102. The molecule has 0 bridgehead atoms. The summed E-state index contributed by atoms with van der Waals surface area (Å²) in [6, 6.07) is 4.91. The topological polar surface area (TPSA) is 90.9 Å². The van der Waals surface area contributed by atoms with Crippen LogP contribution in [0.15, 0.2) is 24.4 Å². The number of nitrogens with zero attached hydrogens (tertiary/aromatic N) is 2. The van der Waals surface area contributed by atoms with Crippen LogP contribution >= 0.6 is 0 Å². The van der Waals surface area contributed by atoms with Gasteiger partial charge >= 0.3 is 0 Å². The van der Waals surface area contributed by atoms with Gasteiger partial charge in [-0.3, -0.25) is 4.79 Å². The minimum absolute atomic E-state index is 0.137. The van der Waals surface area contributed by atoms with Gasteiger partial charge in [-0.2, -0.15) is 15.4 Å². The summed E-state index contributed by atoms with van der Waals surface area (Å²) in [6.07, 6.45) is 1.33. The van der Waals surface area contributed by atoms with Crippen LogP contribution in [0.3, 0.4) is 0 Å². The van der Waals surface area contributed by atoms with Crippen LogP contribution in [0, 0.1) is 6.92 Å². The second-order valence-corrected chi connectivity index (χ2v) is 3.26. The van der Waals surface area contributed by atoms with E-state index in [1.54, 1.807) is 25.1 Å². The fourth-order valence-electron chi connectivity index (χ4n) is 1.26. The Morgan fingerprint density at radius 1 is 1.50 bits per heavy atom. The Morgan fingerprint density at radius 2 is 2.31 bits per heavy atom. The van der Waals surface area contributed by atoms with Crippen molar-refractivity contribution >= 4 is 11.6 Å². The molecule has 0 spiro atoms. The smallest absolute Gasteiger partial charge is 0.277 e. The highest BCUT2D eigenvalue weighted by Gasteiger charge is 2.11. The van der Waals surface area contributed by atoms with E-state index < -0.39 is 0 Å². The van der Waals surface area contributed by atoms with Crippen molar-refractivity contribution in [2.75, 3.05) is 5.32 Å². The molecule has 0 aliphatic heterocycles. The average molecular weight is 218 g/mol. The number of amides is 1. The number of H-pyrrole nitrogens is 1. The quantitative estimate of drug-likeness (QED) is 0.703. The number of hydrogen-bond donors (Lipinski definition) is 3. The van der Waals surface area contributed by atoms with Gasteiger partial charge in [0.05, 0.1) is 6.20 Å². The van der Waals surface area contributed by atoms with Crippen LogP contribution in [0.5, 0.6) is 5.75 Å². The van der Waals surface area contributed by atoms with Crippen LogP contribution in [-0.2, 0) is 0 Å². The number of anilines is 1. The van der Waals surface area contributed by atoms with Crippen molar-refractivity contribution in [2.45, 2.75) is 6.92 Å². The monoisotopic (exact) mass is 218 g/mol. The van der Waals surface area contributed by atoms with Gasteiger partial charge in [-0.15, -0.1) is 0 Å². The molecule has 6 heteroatoms. The van der Waals surface area contributed by atoms with Crippen molar-refractivity contribution in [3.8, 4) is 5.75 Å². The highest BCUT2D eigenvalue weighted by molar-refractivity contribution is 6.03. The van der Waals surface area contributed by atoms with Gasteiger partial charge in [0.15, 0.2) is 5.69 Å². The number of aromatic nitrogens is 3. The molecule has 0 aliphatic carbocycles. The molecule has 0 radical (unpaired) electrons. The zero-order valence-corrected chi connectivity index (χ0v) is 8.56. The predicted octanol–water partition coefficient (Wildman–Crippen LogP) is 1.07. The summed E-state index contributed by atoms with van der Waals surface area (Å²) in [4.78, 5) is 11.6. The van der Waals surface area contributed by atoms with Crippen LogP contribution in [0.2, 0.25) is 0 Å². The number of phenols is 1. The third kappa shape index (κ3) is 1.85. The van der Waals surface area contributed by atoms with Gasteiger partial charge in [0.2, 0.25) is 0 Å². The molecular formula is C10H10N4O2. The number of rotatable bonds is 2. The molecule has 0 unspecified atom stereocenters. The molecule has 1 amide bonds. The largest absolute Gasteiger partial charge is 0.508 e. The van der Waals surface area contributed by atoms with Crippen LogP contribution < -0.4 is 5.32 Å². The fraction of sp³-hybridized carbons (Fsp3) is 0.100. The zero-order valence-electron chi connectivity index (χ0n) is 8.56. The van der Waals surface area contributed by atoms with E-state index in [4.69, 9.17) is 0 Å². The summed E-state index contributed by atoms with van der Waals surface area (Å²) in [5, 5.41) is 21.6. The Balaban J connectivity index is 2.22. The van der Waals surface area contributed by atoms with Gasteiger partial charge in [0.1, 0.15) is 5.75 Å². The Bertz CT molecular complexity index is 508. The summed E-state index contributed by atoms with van der Waals surface area (Å²) < 4.78 is 0. The first-order valence-electron chi connectivity index (χ1n) is 4.64. The van der Waals surface area contributed by atoms with Crippen molar-refractivity contribution in [3.63, 3.8) is 0 Å². The number of phenolic OH excluding ortho intramolecular Hbond substituents is 1. The summed E-state index contributed by atoms with van der Waals surface area (Å²) >= 11 is 0. The molecule has 2 aromatic rings. The van der Waals surface area contributed by atoms with Crippen molar-refractivity contribution in [2.24, 2.45) is 0 Å². The molecule has 0 saturated heterocycles. The number of hydrogen-bond acceptors (Lipinski definition) is 4.